The van der Waals surface area contributed by atoms with E-state index in [4.69, 9.17) is 9.47 Å². The van der Waals surface area contributed by atoms with Crippen molar-refractivity contribution in [1.29, 1.82) is 0 Å². The molecule has 1 amide bonds. The number of benzene rings is 2. The highest BCUT2D eigenvalue weighted by Crippen LogP contribution is 2.49. The monoisotopic (exact) mass is 397 g/mol. The van der Waals surface area contributed by atoms with Gasteiger partial charge in [0.05, 0.1) is 19.4 Å². The Balaban J connectivity index is 1.83. The number of hydrogen-bond donors (Lipinski definition) is 1. The Morgan fingerprint density at radius 1 is 1.21 bits per heavy atom. The van der Waals surface area contributed by atoms with Crippen LogP contribution in [0.25, 0.3) is 11.1 Å². The Hall–Kier alpha value is -2.86. The minimum Gasteiger partial charge on any atom is -0.493 e. The average molecular weight is 397 g/mol. The van der Waals surface area contributed by atoms with E-state index in [1.165, 1.54) is 12.1 Å². The molecule has 6 heteroatoms. The Bertz CT molecular complexity index is 1010. The third-order valence-electron chi connectivity index (χ3n) is 4.84. The number of para-hydroxylation sites is 1. The van der Waals surface area contributed by atoms with Gasteiger partial charge in [-0.25, -0.2) is 4.39 Å². The molecule has 0 saturated carbocycles. The molecule has 2 heterocycles. The maximum Gasteiger partial charge on any atom is 0.225 e. The van der Waals surface area contributed by atoms with Crippen LogP contribution in [0, 0.1) is 5.82 Å². The van der Waals surface area contributed by atoms with E-state index in [0.717, 1.165) is 27.3 Å². The van der Waals surface area contributed by atoms with Crippen molar-refractivity contribution < 1.29 is 18.7 Å². The van der Waals surface area contributed by atoms with Crippen LogP contribution in [0.5, 0.6) is 11.5 Å². The van der Waals surface area contributed by atoms with Crippen LogP contribution in [0.2, 0.25) is 0 Å². The van der Waals surface area contributed by atoms with Crippen molar-refractivity contribution in [3.63, 3.8) is 0 Å². The van der Waals surface area contributed by atoms with E-state index in [2.05, 4.69) is 5.32 Å². The molecular formula is C22H20FNO3S. The van der Waals surface area contributed by atoms with E-state index in [-0.39, 0.29) is 17.6 Å². The number of fused-ring (bicyclic) bond motifs is 1. The number of anilines is 1. The molecule has 3 aromatic rings. The first-order valence-electron chi connectivity index (χ1n) is 9.09. The highest BCUT2D eigenvalue weighted by Gasteiger charge is 2.33. The van der Waals surface area contributed by atoms with Gasteiger partial charge in [-0.2, -0.15) is 0 Å². The van der Waals surface area contributed by atoms with Crippen LogP contribution in [0.4, 0.5) is 10.1 Å². The van der Waals surface area contributed by atoms with Gasteiger partial charge >= 0.3 is 0 Å². The van der Waals surface area contributed by atoms with Gasteiger partial charge in [0, 0.05) is 33.7 Å². The van der Waals surface area contributed by atoms with Crippen LogP contribution < -0.4 is 14.8 Å². The minimum absolute atomic E-state index is 0.0514. The standard InChI is InChI=1S/C22H20FNO3S/c1-3-27-21-15(5-4-6-18(21)26-2)16-11-19(25)24-20-17(12-28-22(16)20)13-7-9-14(23)10-8-13/h4-10,12,16H,3,11H2,1-2H3,(H,24,25)/t16-/m1/s1. The number of thiophene rings is 1. The second-order valence-electron chi connectivity index (χ2n) is 6.51. The molecule has 0 radical (unpaired) electrons. The highest BCUT2D eigenvalue weighted by molar-refractivity contribution is 7.11. The lowest BCUT2D eigenvalue weighted by molar-refractivity contribution is -0.116. The molecule has 4 rings (SSSR count). The zero-order valence-corrected chi connectivity index (χ0v) is 16.4. The Morgan fingerprint density at radius 2 is 2.00 bits per heavy atom. The summed E-state index contributed by atoms with van der Waals surface area (Å²) < 4.78 is 24.7. The predicted octanol–water partition coefficient (Wildman–Crippen LogP) is 5.44. The average Bonchev–Trinajstić information content (AvgIpc) is 3.12. The molecule has 2 aromatic carbocycles. The summed E-state index contributed by atoms with van der Waals surface area (Å²) >= 11 is 1.59. The number of carbonyl (C=O) groups is 1. The number of halogens is 1. The van der Waals surface area contributed by atoms with Crippen LogP contribution >= 0.6 is 11.3 Å². The molecule has 1 atom stereocenters. The van der Waals surface area contributed by atoms with Gasteiger partial charge in [-0.05, 0) is 30.7 Å². The molecule has 0 unspecified atom stereocenters. The minimum atomic E-state index is -0.285. The number of carbonyl (C=O) groups excluding carboxylic acids is 1. The molecule has 0 aliphatic carbocycles. The normalized spacial score (nSPS) is 15.7. The lowest BCUT2D eigenvalue weighted by Crippen LogP contribution is -2.23. The van der Waals surface area contributed by atoms with Gasteiger partial charge in [-0.15, -0.1) is 11.3 Å². The smallest absolute Gasteiger partial charge is 0.225 e. The molecule has 0 spiro atoms. The summed E-state index contributed by atoms with van der Waals surface area (Å²) in [7, 11) is 1.61. The first-order chi connectivity index (χ1) is 13.6. The molecule has 0 saturated heterocycles. The fourth-order valence-electron chi connectivity index (χ4n) is 3.59. The van der Waals surface area contributed by atoms with E-state index in [0.29, 0.717) is 24.5 Å². The van der Waals surface area contributed by atoms with Crippen LogP contribution in [0.3, 0.4) is 0 Å². The van der Waals surface area contributed by atoms with Crippen LogP contribution in [0.15, 0.2) is 47.8 Å². The summed E-state index contributed by atoms with van der Waals surface area (Å²) in [6.07, 6.45) is 0.337. The molecule has 1 aromatic heterocycles. The van der Waals surface area contributed by atoms with Gasteiger partial charge < -0.3 is 14.8 Å². The molecular weight excluding hydrogens is 377 g/mol. The van der Waals surface area contributed by atoms with E-state index < -0.39 is 0 Å². The van der Waals surface area contributed by atoms with Gasteiger partial charge in [0.15, 0.2) is 11.5 Å². The maximum absolute atomic E-state index is 13.3. The maximum atomic E-state index is 13.3. The lowest BCUT2D eigenvalue weighted by Gasteiger charge is -2.26. The molecule has 1 N–H and O–H groups in total. The van der Waals surface area contributed by atoms with Crippen molar-refractivity contribution in [2.75, 3.05) is 19.0 Å². The number of rotatable bonds is 5. The van der Waals surface area contributed by atoms with Crippen molar-refractivity contribution >= 4 is 22.9 Å². The lowest BCUT2D eigenvalue weighted by atomic mass is 9.88. The summed E-state index contributed by atoms with van der Waals surface area (Å²) in [5.74, 6) is 0.869. The number of amides is 1. The van der Waals surface area contributed by atoms with Gasteiger partial charge in [0.2, 0.25) is 5.91 Å². The molecule has 144 valence electrons. The van der Waals surface area contributed by atoms with Crippen molar-refractivity contribution in [3.8, 4) is 22.6 Å². The van der Waals surface area contributed by atoms with E-state index in [9.17, 15) is 9.18 Å². The van der Waals surface area contributed by atoms with Crippen molar-refractivity contribution in [2.24, 2.45) is 0 Å². The number of hydrogen-bond acceptors (Lipinski definition) is 4. The number of methoxy groups -OCH3 is 1. The Labute approximate surface area is 166 Å². The summed E-state index contributed by atoms with van der Waals surface area (Å²) in [6.45, 7) is 2.43. The van der Waals surface area contributed by atoms with E-state index >= 15 is 0 Å². The summed E-state index contributed by atoms with van der Waals surface area (Å²) in [6, 6.07) is 12.1. The molecule has 0 fully saturated rings. The van der Waals surface area contributed by atoms with Crippen LogP contribution in [0.1, 0.15) is 29.7 Å². The van der Waals surface area contributed by atoms with Gasteiger partial charge in [0.1, 0.15) is 5.82 Å². The zero-order chi connectivity index (χ0) is 19.7. The Morgan fingerprint density at radius 3 is 2.71 bits per heavy atom. The number of nitrogens with one attached hydrogen (secondary N) is 1. The highest BCUT2D eigenvalue weighted by atomic mass is 32.1. The summed E-state index contributed by atoms with van der Waals surface area (Å²) in [4.78, 5) is 13.6. The molecule has 1 aliphatic rings. The third kappa shape index (κ3) is 3.24. The van der Waals surface area contributed by atoms with E-state index in [1.54, 1.807) is 30.6 Å². The van der Waals surface area contributed by atoms with Crippen molar-refractivity contribution in [1.82, 2.24) is 0 Å². The molecule has 4 nitrogen and oxygen atoms in total. The zero-order valence-electron chi connectivity index (χ0n) is 15.6. The van der Waals surface area contributed by atoms with Gasteiger partial charge in [-0.3, -0.25) is 4.79 Å². The molecule has 28 heavy (non-hydrogen) atoms. The fraction of sp³-hybridized carbons (Fsp3) is 0.227. The number of ether oxygens (including phenoxy) is 2. The molecule has 1 aliphatic heterocycles. The topological polar surface area (TPSA) is 47.6 Å². The molecule has 0 bridgehead atoms. The largest absolute Gasteiger partial charge is 0.493 e. The van der Waals surface area contributed by atoms with E-state index in [1.807, 2.05) is 30.5 Å². The van der Waals surface area contributed by atoms with Crippen molar-refractivity contribution in [2.45, 2.75) is 19.3 Å². The van der Waals surface area contributed by atoms with Crippen LogP contribution in [-0.4, -0.2) is 19.6 Å². The van der Waals surface area contributed by atoms with Crippen LogP contribution in [-0.2, 0) is 4.79 Å². The fourth-order valence-corrected chi connectivity index (χ4v) is 4.74. The van der Waals surface area contributed by atoms with Crippen molar-refractivity contribution in [3.05, 3.63) is 64.1 Å². The van der Waals surface area contributed by atoms with Gasteiger partial charge in [-0.1, -0.05) is 24.3 Å². The Kier molecular flexibility index (Phi) is 5.05. The first-order valence-corrected chi connectivity index (χ1v) is 9.97. The van der Waals surface area contributed by atoms with Gasteiger partial charge in [0.25, 0.3) is 0 Å². The quantitative estimate of drug-likeness (QED) is 0.624. The summed E-state index contributed by atoms with van der Waals surface area (Å²) in [5.41, 5.74) is 3.50. The second kappa shape index (κ2) is 7.64. The summed E-state index contributed by atoms with van der Waals surface area (Å²) in [5, 5.41) is 5.02. The third-order valence-corrected chi connectivity index (χ3v) is 5.93. The SMILES string of the molecule is CCOc1c(OC)cccc1[C@H]1CC(=O)Nc2c(-c3ccc(F)cc3)csc21. The predicted molar refractivity (Wildman–Crippen MR) is 109 cm³/mol. The first kappa shape index (κ1) is 18.5. The second-order valence-corrected chi connectivity index (χ2v) is 7.42.